The second-order valence-corrected chi connectivity index (χ2v) is 23.7. The van der Waals surface area contributed by atoms with Gasteiger partial charge in [-0.1, -0.05) is 222 Å². The van der Waals surface area contributed by atoms with Crippen molar-refractivity contribution in [1.29, 1.82) is 0 Å². The lowest BCUT2D eigenvalue weighted by atomic mass is 9.79. The Kier molecular flexibility index (Phi) is 10.7. The summed E-state index contributed by atoms with van der Waals surface area (Å²) in [7, 11) is 0. The molecular weight excluding hydrogens is 989 g/mol. The van der Waals surface area contributed by atoms with Gasteiger partial charge >= 0.3 is 0 Å². The van der Waals surface area contributed by atoms with Crippen molar-refractivity contribution in [3.63, 3.8) is 0 Å². The highest BCUT2D eigenvalue weighted by atomic mass is 15.0. The SMILES string of the molecule is CC1(C)c2cc(C=C(c3ccccc3)c3ccc(-c4ccc5c(c4)c4ccccc4n5-c4ccccc4)cc3)ccc2-c2ccc(-c3ccc4c(c3)C(C)(C)c3cc(-c5ccc6c(c5)c5ccccc5n6-c5ccccc5)ccc3-4)cc21. The lowest BCUT2D eigenvalue weighted by Crippen LogP contribution is -2.15. The molecule has 0 N–H and O–H groups in total. The molecule has 12 aromatic carbocycles. The molecule has 2 heteroatoms. The number of aromatic nitrogens is 2. The lowest BCUT2D eigenvalue weighted by Gasteiger charge is -2.24. The number of rotatable bonds is 8. The van der Waals surface area contributed by atoms with E-state index in [1.807, 2.05) is 0 Å². The Hall–Kier alpha value is -10.0. The van der Waals surface area contributed by atoms with Gasteiger partial charge in [0.05, 0.1) is 22.1 Å². The summed E-state index contributed by atoms with van der Waals surface area (Å²) in [6.45, 7) is 9.62. The van der Waals surface area contributed by atoms with Crippen LogP contribution < -0.4 is 0 Å². The van der Waals surface area contributed by atoms with E-state index >= 15 is 0 Å². The minimum absolute atomic E-state index is 0.178. The average molecular weight is 1050 g/mol. The molecule has 2 aliphatic carbocycles. The Morgan fingerprint density at radius 2 is 0.622 bits per heavy atom. The molecule has 2 aliphatic rings. The minimum Gasteiger partial charge on any atom is -0.309 e. The second-order valence-electron chi connectivity index (χ2n) is 23.7. The first-order valence-electron chi connectivity index (χ1n) is 28.8. The third kappa shape index (κ3) is 7.41. The van der Waals surface area contributed by atoms with Crippen LogP contribution in [0.25, 0.3) is 122 Å². The predicted octanol–water partition coefficient (Wildman–Crippen LogP) is 21.1. The number of nitrogens with zero attached hydrogens (tertiary/aromatic N) is 2. The molecule has 0 saturated carbocycles. The largest absolute Gasteiger partial charge is 0.309 e. The zero-order valence-electron chi connectivity index (χ0n) is 46.5. The highest BCUT2D eigenvalue weighted by molar-refractivity contribution is 6.12. The van der Waals surface area contributed by atoms with Crippen LogP contribution in [0.15, 0.2) is 273 Å². The fourth-order valence-corrected chi connectivity index (χ4v) is 14.1. The van der Waals surface area contributed by atoms with Crippen molar-refractivity contribution in [2.45, 2.75) is 38.5 Å². The van der Waals surface area contributed by atoms with Gasteiger partial charge in [0.25, 0.3) is 0 Å². The van der Waals surface area contributed by atoms with Gasteiger partial charge in [0.15, 0.2) is 0 Å². The maximum absolute atomic E-state index is 2.47. The van der Waals surface area contributed by atoms with E-state index in [2.05, 4.69) is 316 Å². The molecule has 82 heavy (non-hydrogen) atoms. The molecule has 0 fully saturated rings. The summed E-state index contributed by atoms with van der Waals surface area (Å²) in [5.74, 6) is 0. The van der Waals surface area contributed by atoms with E-state index < -0.39 is 0 Å². The van der Waals surface area contributed by atoms with Crippen LogP contribution in [0.1, 0.15) is 66.6 Å². The number of para-hydroxylation sites is 4. The Morgan fingerprint density at radius 3 is 1.10 bits per heavy atom. The van der Waals surface area contributed by atoms with Gasteiger partial charge in [-0.15, -0.1) is 0 Å². The molecule has 2 heterocycles. The average Bonchev–Trinajstić information content (AvgIpc) is 4.15. The van der Waals surface area contributed by atoms with Gasteiger partial charge in [-0.25, -0.2) is 0 Å². The highest BCUT2D eigenvalue weighted by Gasteiger charge is 2.38. The van der Waals surface area contributed by atoms with E-state index in [4.69, 9.17) is 0 Å². The maximum Gasteiger partial charge on any atom is 0.0541 e. The van der Waals surface area contributed by atoms with Gasteiger partial charge in [0.2, 0.25) is 0 Å². The van der Waals surface area contributed by atoms with Gasteiger partial charge < -0.3 is 9.13 Å². The third-order valence-electron chi connectivity index (χ3n) is 18.3. The molecular formula is C80H58N2. The van der Waals surface area contributed by atoms with Crippen molar-refractivity contribution in [3.05, 3.63) is 312 Å². The molecule has 2 nitrogen and oxygen atoms in total. The highest BCUT2D eigenvalue weighted by Crippen LogP contribution is 2.53. The number of fused-ring (bicyclic) bond motifs is 12. The van der Waals surface area contributed by atoms with Gasteiger partial charge in [-0.05, 0) is 185 Å². The summed E-state index contributed by atoms with van der Waals surface area (Å²) in [6, 6.07) is 102. The van der Waals surface area contributed by atoms with Crippen LogP contribution in [0.3, 0.4) is 0 Å². The van der Waals surface area contributed by atoms with Crippen LogP contribution >= 0.6 is 0 Å². The Morgan fingerprint density at radius 1 is 0.280 bits per heavy atom. The molecule has 14 aromatic rings. The van der Waals surface area contributed by atoms with Gasteiger partial charge in [-0.2, -0.15) is 0 Å². The zero-order chi connectivity index (χ0) is 54.8. The molecule has 388 valence electrons. The van der Waals surface area contributed by atoms with Crippen molar-refractivity contribution in [2.24, 2.45) is 0 Å². The van der Waals surface area contributed by atoms with Crippen LogP contribution in [0.5, 0.6) is 0 Å². The predicted molar refractivity (Wildman–Crippen MR) is 346 cm³/mol. The van der Waals surface area contributed by atoms with Crippen molar-refractivity contribution in [2.75, 3.05) is 0 Å². The van der Waals surface area contributed by atoms with E-state index in [-0.39, 0.29) is 10.8 Å². The van der Waals surface area contributed by atoms with E-state index in [1.54, 1.807) is 0 Å². The standard InChI is InChI=1S/C80H58N2/c1-79(2)71-45-51(44-68(53-18-8-5-9-19-53)54-31-29-52(30-32-54)55-36-42-77-69(46-55)66-24-14-16-26-75(66)81(77)60-20-10-6-11-21-60)28-38-62(71)63-40-34-58(49-72(63)79)59-35-41-65-64-39-33-57(48-73(64)80(3,4)74(65)50-59)56-37-43-78-70(47-56)67-25-15-17-27-76(67)82(78)61-22-12-7-13-23-61/h5-50H,1-4H3. The molecule has 0 radical (unpaired) electrons. The fraction of sp³-hybridized carbons (Fsp3) is 0.0750. The van der Waals surface area contributed by atoms with Crippen molar-refractivity contribution >= 4 is 55.3 Å². The van der Waals surface area contributed by atoms with Crippen LogP contribution in [0.2, 0.25) is 0 Å². The molecule has 0 spiro atoms. The first-order valence-corrected chi connectivity index (χ1v) is 28.8. The monoisotopic (exact) mass is 1050 g/mol. The second kappa shape index (κ2) is 18.3. The number of hydrogen-bond donors (Lipinski definition) is 0. The van der Waals surface area contributed by atoms with E-state index in [0.717, 1.165) is 0 Å². The fourth-order valence-electron chi connectivity index (χ4n) is 14.1. The van der Waals surface area contributed by atoms with Crippen molar-refractivity contribution in [3.8, 4) is 67.0 Å². The van der Waals surface area contributed by atoms with E-state index in [0.29, 0.717) is 0 Å². The first-order chi connectivity index (χ1) is 40.2. The van der Waals surface area contributed by atoms with Gasteiger partial charge in [0.1, 0.15) is 0 Å². The Bertz CT molecular complexity index is 4930. The Balaban J connectivity index is 0.694. The molecule has 2 aromatic heterocycles. The van der Waals surface area contributed by atoms with Crippen molar-refractivity contribution in [1.82, 2.24) is 9.13 Å². The third-order valence-corrected chi connectivity index (χ3v) is 18.3. The van der Waals surface area contributed by atoms with Crippen LogP contribution in [0, 0.1) is 0 Å². The molecule has 0 atom stereocenters. The molecule has 0 unspecified atom stereocenters. The summed E-state index contributed by atoms with van der Waals surface area (Å²) in [5, 5.41) is 5.06. The van der Waals surface area contributed by atoms with E-state index in [1.165, 1.54) is 155 Å². The summed E-state index contributed by atoms with van der Waals surface area (Å²) in [6.07, 6.45) is 2.39. The number of hydrogen-bond acceptors (Lipinski definition) is 0. The first kappa shape index (κ1) is 47.9. The maximum atomic E-state index is 2.47. The topological polar surface area (TPSA) is 9.86 Å². The summed E-state index contributed by atoms with van der Waals surface area (Å²) >= 11 is 0. The Labute approximate surface area is 479 Å². The smallest absolute Gasteiger partial charge is 0.0541 e. The molecule has 0 bridgehead atoms. The molecule has 0 saturated heterocycles. The molecule has 16 rings (SSSR count). The molecule has 0 amide bonds. The summed E-state index contributed by atoms with van der Waals surface area (Å²) < 4.78 is 4.77. The molecule has 0 aliphatic heterocycles. The van der Waals surface area contributed by atoms with Gasteiger partial charge in [0, 0.05) is 43.7 Å². The van der Waals surface area contributed by atoms with Crippen molar-refractivity contribution < 1.29 is 0 Å². The normalized spacial score (nSPS) is 13.9. The minimum atomic E-state index is -0.199. The van der Waals surface area contributed by atoms with Crippen LogP contribution in [0.4, 0.5) is 0 Å². The zero-order valence-corrected chi connectivity index (χ0v) is 46.5. The summed E-state index contributed by atoms with van der Waals surface area (Å²) in [4.78, 5) is 0. The van der Waals surface area contributed by atoms with Crippen LogP contribution in [-0.2, 0) is 10.8 Å². The summed E-state index contributed by atoms with van der Waals surface area (Å²) in [5.41, 5.74) is 29.8. The lowest BCUT2D eigenvalue weighted by molar-refractivity contribution is 0.659. The number of benzene rings is 12. The van der Waals surface area contributed by atoms with Gasteiger partial charge in [-0.3, -0.25) is 0 Å². The quantitative estimate of drug-likeness (QED) is 0.134. The van der Waals surface area contributed by atoms with E-state index in [9.17, 15) is 0 Å². The van der Waals surface area contributed by atoms with Crippen LogP contribution in [-0.4, -0.2) is 9.13 Å².